The van der Waals surface area contributed by atoms with E-state index in [1.54, 1.807) is 27.3 Å². The van der Waals surface area contributed by atoms with E-state index in [0.717, 1.165) is 40.8 Å². The van der Waals surface area contributed by atoms with Crippen LogP contribution < -0.4 is 9.47 Å². The van der Waals surface area contributed by atoms with Crippen LogP contribution in [0.1, 0.15) is 30.7 Å². The first-order chi connectivity index (χ1) is 21.6. The number of methoxy groups -OCH3 is 2. The van der Waals surface area contributed by atoms with E-state index in [1.165, 1.54) is 0 Å². The number of aromatic nitrogens is 3. The molecule has 4 aromatic rings. The number of pyridine rings is 1. The molecule has 234 valence electrons. The quantitative estimate of drug-likeness (QED) is 0.245. The van der Waals surface area contributed by atoms with Crippen LogP contribution in [0.5, 0.6) is 11.8 Å². The molecule has 1 N–H and O–H groups in total. The number of likely N-dealkylation sites (tertiary alicyclic amines) is 1. The highest BCUT2D eigenvalue weighted by molar-refractivity contribution is 6.39. The fourth-order valence-electron chi connectivity index (χ4n) is 6.27. The number of carbonyl (C=O) groups excluding carboxylic acids is 1. The van der Waals surface area contributed by atoms with Crippen LogP contribution in [0.2, 0.25) is 10.0 Å². The molecule has 0 amide bonds. The molecular weight excluding hydrogens is 613 g/mol. The number of ether oxygens (including phenoxy) is 2. The van der Waals surface area contributed by atoms with Crippen molar-refractivity contribution in [3.63, 3.8) is 0 Å². The van der Waals surface area contributed by atoms with Crippen LogP contribution in [0.4, 0.5) is 0 Å². The zero-order valence-electron chi connectivity index (χ0n) is 25.7. The molecule has 0 unspecified atom stereocenters. The van der Waals surface area contributed by atoms with Gasteiger partial charge in [-0.15, -0.1) is 0 Å². The Balaban J connectivity index is 1.34. The summed E-state index contributed by atoms with van der Waals surface area (Å²) in [5.41, 5.74) is 6.33. The lowest BCUT2D eigenvalue weighted by atomic mass is 9.96. The molecule has 0 atom stereocenters. The highest BCUT2D eigenvalue weighted by Crippen LogP contribution is 2.43. The van der Waals surface area contributed by atoms with Gasteiger partial charge in [0.15, 0.2) is 0 Å². The van der Waals surface area contributed by atoms with Crippen LogP contribution in [0, 0.1) is 0 Å². The molecule has 2 aliphatic rings. The number of rotatable bonds is 9. The molecule has 1 fully saturated rings. The standard InChI is InChI=1S/C34H35Cl2N5O4/c1-20(42)15-40-12-11-22-21(16-40)13-27(38-32(22)44-3)25-9-5-7-23(30(25)35)24-8-6-10-26(31(24)36)28-14-37-29(33(39-28)45-4)17-41-18-34(2,43)19-41/h5-10,13-14,43H,11-12,15-19H2,1-4H3. The molecule has 4 heterocycles. The number of benzene rings is 2. The molecule has 2 aromatic heterocycles. The summed E-state index contributed by atoms with van der Waals surface area (Å²) in [6.45, 7) is 6.91. The third-order valence-corrected chi connectivity index (χ3v) is 9.05. The Hall–Kier alpha value is -3.60. The first-order valence-corrected chi connectivity index (χ1v) is 15.5. The largest absolute Gasteiger partial charge is 0.481 e. The Bertz CT molecular complexity index is 1770. The van der Waals surface area contributed by atoms with Gasteiger partial charge >= 0.3 is 0 Å². The molecule has 11 heteroatoms. The number of aliphatic hydroxyl groups is 1. The maximum absolute atomic E-state index is 11.8. The fourth-order valence-corrected chi connectivity index (χ4v) is 6.92. The van der Waals surface area contributed by atoms with Gasteiger partial charge in [-0.1, -0.05) is 59.6 Å². The van der Waals surface area contributed by atoms with Crippen molar-refractivity contribution in [3.05, 3.63) is 75.5 Å². The molecule has 0 bridgehead atoms. The second-order valence-electron chi connectivity index (χ2n) is 12.0. The predicted octanol–water partition coefficient (Wildman–Crippen LogP) is 5.71. The van der Waals surface area contributed by atoms with E-state index in [9.17, 15) is 9.90 Å². The zero-order chi connectivity index (χ0) is 31.9. The van der Waals surface area contributed by atoms with E-state index in [4.69, 9.17) is 42.6 Å². The van der Waals surface area contributed by atoms with Crippen molar-refractivity contribution in [2.24, 2.45) is 0 Å². The van der Waals surface area contributed by atoms with E-state index >= 15 is 0 Å². The van der Waals surface area contributed by atoms with E-state index in [-0.39, 0.29) is 5.78 Å². The van der Waals surface area contributed by atoms with Crippen LogP contribution in [-0.4, -0.2) is 81.6 Å². The molecule has 6 rings (SSSR count). The molecule has 2 aliphatic heterocycles. The van der Waals surface area contributed by atoms with Crippen molar-refractivity contribution in [1.29, 1.82) is 0 Å². The van der Waals surface area contributed by atoms with Crippen molar-refractivity contribution >= 4 is 29.0 Å². The topological polar surface area (TPSA) is 101 Å². The molecule has 1 saturated heterocycles. The van der Waals surface area contributed by atoms with Gasteiger partial charge in [0.1, 0.15) is 11.5 Å². The van der Waals surface area contributed by atoms with Gasteiger partial charge in [0.25, 0.3) is 0 Å². The molecule has 45 heavy (non-hydrogen) atoms. The lowest BCUT2D eigenvalue weighted by molar-refractivity contribution is -0.118. The number of fused-ring (bicyclic) bond motifs is 1. The number of carbonyl (C=O) groups is 1. The van der Waals surface area contributed by atoms with E-state index in [0.29, 0.717) is 77.2 Å². The van der Waals surface area contributed by atoms with Crippen LogP contribution in [0.3, 0.4) is 0 Å². The molecule has 0 spiro atoms. The molecule has 0 aliphatic carbocycles. The molecule has 0 saturated carbocycles. The summed E-state index contributed by atoms with van der Waals surface area (Å²) in [6, 6.07) is 13.6. The number of Topliss-reactive ketones (excluding diaryl/α,β-unsaturated/α-hetero) is 1. The molecular formula is C34H35Cl2N5O4. The van der Waals surface area contributed by atoms with Crippen molar-refractivity contribution in [2.45, 2.75) is 39.0 Å². The Morgan fingerprint density at radius 1 is 0.933 bits per heavy atom. The van der Waals surface area contributed by atoms with Crippen molar-refractivity contribution in [2.75, 3.05) is 40.4 Å². The number of β-amino-alcohol motifs (C(OH)–C–C–N with tert-alkyl or cyclic N) is 1. The van der Waals surface area contributed by atoms with Crippen LogP contribution >= 0.6 is 23.2 Å². The van der Waals surface area contributed by atoms with Gasteiger partial charge < -0.3 is 14.6 Å². The highest BCUT2D eigenvalue weighted by Gasteiger charge is 2.37. The van der Waals surface area contributed by atoms with Gasteiger partial charge in [0.05, 0.1) is 54.0 Å². The van der Waals surface area contributed by atoms with Crippen molar-refractivity contribution in [1.82, 2.24) is 24.8 Å². The minimum absolute atomic E-state index is 0.136. The van der Waals surface area contributed by atoms with Crippen molar-refractivity contribution < 1.29 is 19.4 Å². The summed E-state index contributed by atoms with van der Waals surface area (Å²) in [7, 11) is 3.19. The predicted molar refractivity (Wildman–Crippen MR) is 175 cm³/mol. The minimum atomic E-state index is -0.674. The van der Waals surface area contributed by atoms with Crippen LogP contribution in [-0.2, 0) is 24.3 Å². The van der Waals surface area contributed by atoms with Gasteiger partial charge in [-0.2, -0.15) is 0 Å². The summed E-state index contributed by atoms with van der Waals surface area (Å²) in [5.74, 6) is 1.12. The lowest BCUT2D eigenvalue weighted by Gasteiger charge is -2.44. The summed E-state index contributed by atoms with van der Waals surface area (Å²) in [4.78, 5) is 30.2. The smallest absolute Gasteiger partial charge is 0.237 e. The summed E-state index contributed by atoms with van der Waals surface area (Å²) >= 11 is 14.2. The first-order valence-electron chi connectivity index (χ1n) is 14.8. The van der Waals surface area contributed by atoms with E-state index in [1.807, 2.05) is 49.4 Å². The number of hydrogen-bond donors (Lipinski definition) is 1. The second-order valence-corrected chi connectivity index (χ2v) is 12.8. The number of halogens is 2. The molecule has 9 nitrogen and oxygen atoms in total. The number of ketones is 1. The monoisotopic (exact) mass is 647 g/mol. The summed E-state index contributed by atoms with van der Waals surface area (Å²) < 4.78 is 11.3. The lowest BCUT2D eigenvalue weighted by Crippen LogP contribution is -2.59. The highest BCUT2D eigenvalue weighted by atomic mass is 35.5. The first kappa shape index (κ1) is 31.4. The van der Waals surface area contributed by atoms with E-state index in [2.05, 4.69) is 14.8 Å². The maximum atomic E-state index is 11.8. The summed E-state index contributed by atoms with van der Waals surface area (Å²) in [6.07, 6.45) is 2.45. The SMILES string of the molecule is COc1nc(-c2cccc(-c3cccc(-c4cc5c(c(OC)n4)CCN(CC(C)=O)C5)c3Cl)c2Cl)cnc1CN1CC(C)(O)C1. The number of nitrogens with zero attached hydrogens (tertiary/aromatic N) is 5. The fraction of sp³-hybridized carbons (Fsp3) is 0.353. The normalized spacial score (nSPS) is 16.2. The zero-order valence-corrected chi connectivity index (χ0v) is 27.2. The van der Waals surface area contributed by atoms with Gasteiger partial charge in [-0.25, -0.2) is 9.97 Å². The Morgan fingerprint density at radius 2 is 1.53 bits per heavy atom. The third kappa shape index (κ3) is 6.41. The Morgan fingerprint density at radius 3 is 2.13 bits per heavy atom. The van der Waals surface area contributed by atoms with Gasteiger partial charge in [0.2, 0.25) is 11.8 Å². The average Bonchev–Trinajstić information content (AvgIpc) is 3.00. The minimum Gasteiger partial charge on any atom is -0.481 e. The van der Waals surface area contributed by atoms with Gasteiger partial charge in [-0.3, -0.25) is 19.6 Å². The second kappa shape index (κ2) is 12.7. The van der Waals surface area contributed by atoms with Crippen LogP contribution in [0.15, 0.2) is 48.7 Å². The maximum Gasteiger partial charge on any atom is 0.237 e. The van der Waals surface area contributed by atoms with E-state index < -0.39 is 5.60 Å². The molecule has 2 aromatic carbocycles. The Kier molecular flexibility index (Phi) is 8.83. The third-order valence-electron chi connectivity index (χ3n) is 8.24. The average molecular weight is 649 g/mol. The van der Waals surface area contributed by atoms with Crippen molar-refractivity contribution in [3.8, 4) is 45.4 Å². The Labute approximate surface area is 272 Å². The molecule has 0 radical (unpaired) electrons. The summed E-state index contributed by atoms with van der Waals surface area (Å²) in [5, 5.41) is 11.1. The van der Waals surface area contributed by atoms with Crippen LogP contribution in [0.25, 0.3) is 33.6 Å². The number of hydrogen-bond acceptors (Lipinski definition) is 9. The van der Waals surface area contributed by atoms with Gasteiger partial charge in [-0.05, 0) is 31.9 Å². The van der Waals surface area contributed by atoms with Gasteiger partial charge in [0, 0.05) is 60.5 Å².